The normalized spacial score (nSPS) is 16.4. The molecule has 2 heterocycles. The molecule has 1 fully saturated rings. The predicted molar refractivity (Wildman–Crippen MR) is 124 cm³/mol. The topological polar surface area (TPSA) is 42.4 Å². The molecule has 0 radical (unpaired) electrons. The van der Waals surface area contributed by atoms with E-state index < -0.39 is 0 Å². The molecule has 5 rings (SSSR count). The van der Waals surface area contributed by atoms with Crippen LogP contribution in [0, 0.1) is 6.92 Å². The molecule has 1 unspecified atom stereocenters. The van der Waals surface area contributed by atoms with Gasteiger partial charge in [0, 0.05) is 17.2 Å². The number of amides is 1. The first-order valence-electron chi connectivity index (χ1n) is 10.1. The van der Waals surface area contributed by atoms with Crippen molar-refractivity contribution in [3.05, 3.63) is 70.7 Å². The molecule has 1 atom stereocenters. The molecular formula is C24H21ClN2O2S. The van der Waals surface area contributed by atoms with Crippen molar-refractivity contribution in [1.29, 1.82) is 0 Å². The number of carbonyl (C=O) groups excluding carboxylic acids is 1. The van der Waals surface area contributed by atoms with Crippen molar-refractivity contribution in [3.63, 3.8) is 0 Å². The number of benzene rings is 3. The lowest BCUT2D eigenvalue weighted by molar-refractivity contribution is 0.0919. The number of aryl methyl sites for hydroxylation is 1. The lowest BCUT2D eigenvalue weighted by atomic mass is 10.0. The number of aromatic nitrogens is 1. The van der Waals surface area contributed by atoms with E-state index in [-0.39, 0.29) is 12.0 Å². The Hall–Kier alpha value is -2.47. The Labute approximate surface area is 184 Å². The molecule has 1 aliphatic heterocycles. The lowest BCUT2D eigenvalue weighted by Gasteiger charge is -2.23. The maximum Gasteiger partial charge on any atom is 0.260 e. The average Bonchev–Trinajstić information content (AvgIpc) is 3.41. The fourth-order valence-electron chi connectivity index (χ4n) is 4.06. The molecule has 1 amide bonds. The minimum atomic E-state index is -0.0508. The van der Waals surface area contributed by atoms with E-state index in [9.17, 15) is 4.79 Å². The van der Waals surface area contributed by atoms with E-state index in [1.165, 1.54) is 11.3 Å². The summed E-state index contributed by atoms with van der Waals surface area (Å²) in [7, 11) is 0. The summed E-state index contributed by atoms with van der Waals surface area (Å²) in [4.78, 5) is 20.4. The van der Waals surface area contributed by atoms with Gasteiger partial charge >= 0.3 is 0 Å². The lowest BCUT2D eigenvalue weighted by Crippen LogP contribution is -2.37. The Morgan fingerprint density at radius 1 is 1.23 bits per heavy atom. The summed E-state index contributed by atoms with van der Waals surface area (Å²) in [6.45, 7) is 3.23. The van der Waals surface area contributed by atoms with E-state index in [2.05, 4.69) is 0 Å². The number of rotatable bonds is 4. The van der Waals surface area contributed by atoms with Crippen molar-refractivity contribution < 1.29 is 9.53 Å². The molecule has 0 saturated carbocycles. The zero-order valence-electron chi connectivity index (χ0n) is 16.6. The maximum absolute atomic E-state index is 13.8. The van der Waals surface area contributed by atoms with E-state index >= 15 is 0 Å². The van der Waals surface area contributed by atoms with Gasteiger partial charge in [-0.15, -0.1) is 0 Å². The van der Waals surface area contributed by atoms with E-state index in [1.807, 2.05) is 61.5 Å². The van der Waals surface area contributed by atoms with Gasteiger partial charge < -0.3 is 4.74 Å². The molecule has 1 aliphatic rings. The minimum absolute atomic E-state index is 0.0284. The Morgan fingerprint density at radius 3 is 2.90 bits per heavy atom. The van der Waals surface area contributed by atoms with Crippen molar-refractivity contribution in [2.24, 2.45) is 0 Å². The van der Waals surface area contributed by atoms with Crippen LogP contribution in [-0.4, -0.2) is 30.1 Å². The number of hydrogen-bond donors (Lipinski definition) is 0. The van der Waals surface area contributed by atoms with Crippen molar-refractivity contribution in [3.8, 4) is 0 Å². The molecule has 6 heteroatoms. The number of anilines is 1. The third kappa shape index (κ3) is 3.58. The van der Waals surface area contributed by atoms with Crippen molar-refractivity contribution in [2.45, 2.75) is 25.9 Å². The molecule has 3 aromatic carbocycles. The standard InChI is InChI=1S/C24H21ClN2O2S/c1-15-12-17(25)13-21-22(15)26-24(30-21)27(14-18-8-5-11-29-18)23(28)20-10-4-7-16-6-2-3-9-19(16)20/h2-4,6-7,9-10,12-13,18H,5,8,11,14H2,1H3. The molecule has 1 aromatic heterocycles. The zero-order chi connectivity index (χ0) is 20.7. The molecule has 0 aliphatic carbocycles. The summed E-state index contributed by atoms with van der Waals surface area (Å²) in [6.07, 6.45) is 2.01. The number of hydrogen-bond acceptors (Lipinski definition) is 4. The predicted octanol–water partition coefficient (Wildman–Crippen LogP) is 6.24. The third-order valence-corrected chi connectivity index (χ3v) is 6.79. The van der Waals surface area contributed by atoms with E-state index in [0.29, 0.717) is 22.3 Å². The highest BCUT2D eigenvalue weighted by molar-refractivity contribution is 7.22. The monoisotopic (exact) mass is 436 g/mol. The van der Waals surface area contributed by atoms with Crippen LogP contribution in [0.25, 0.3) is 21.0 Å². The summed E-state index contributed by atoms with van der Waals surface area (Å²) in [5.74, 6) is -0.0508. The minimum Gasteiger partial charge on any atom is -0.376 e. The quantitative estimate of drug-likeness (QED) is 0.380. The summed E-state index contributed by atoms with van der Waals surface area (Å²) >= 11 is 7.75. The molecule has 152 valence electrons. The van der Waals surface area contributed by atoms with Crippen LogP contribution in [-0.2, 0) is 4.74 Å². The first kappa shape index (κ1) is 19.5. The molecule has 0 bridgehead atoms. The first-order chi connectivity index (χ1) is 14.6. The Kier molecular flexibility index (Phi) is 5.19. The second-order valence-electron chi connectivity index (χ2n) is 7.64. The van der Waals surface area contributed by atoms with Gasteiger partial charge in [0.05, 0.1) is 22.9 Å². The average molecular weight is 437 g/mol. The highest BCUT2D eigenvalue weighted by atomic mass is 35.5. The van der Waals surface area contributed by atoms with Gasteiger partial charge in [-0.3, -0.25) is 9.69 Å². The summed E-state index contributed by atoms with van der Waals surface area (Å²) < 4.78 is 6.84. The molecule has 0 spiro atoms. The Morgan fingerprint density at radius 2 is 2.07 bits per heavy atom. The Balaban J connectivity index is 1.61. The molecule has 4 aromatic rings. The fourth-order valence-corrected chi connectivity index (χ4v) is 5.48. The molecular weight excluding hydrogens is 416 g/mol. The van der Waals surface area contributed by atoms with Gasteiger partial charge in [0.2, 0.25) is 0 Å². The van der Waals surface area contributed by atoms with Crippen LogP contribution in [0.4, 0.5) is 5.13 Å². The van der Waals surface area contributed by atoms with E-state index in [4.69, 9.17) is 21.3 Å². The van der Waals surface area contributed by atoms with Crippen LogP contribution in [0.5, 0.6) is 0 Å². The number of ether oxygens (including phenoxy) is 1. The molecule has 30 heavy (non-hydrogen) atoms. The smallest absolute Gasteiger partial charge is 0.260 e. The number of thiazole rings is 1. The van der Waals surface area contributed by atoms with Gasteiger partial charge in [0.1, 0.15) is 0 Å². The van der Waals surface area contributed by atoms with Crippen LogP contribution < -0.4 is 4.90 Å². The number of nitrogens with zero attached hydrogens (tertiary/aromatic N) is 2. The largest absolute Gasteiger partial charge is 0.376 e. The van der Waals surface area contributed by atoms with Gasteiger partial charge in [-0.2, -0.15) is 0 Å². The van der Waals surface area contributed by atoms with Crippen LogP contribution in [0.1, 0.15) is 28.8 Å². The van der Waals surface area contributed by atoms with Gasteiger partial charge in [0.15, 0.2) is 5.13 Å². The number of carbonyl (C=O) groups is 1. The summed E-state index contributed by atoms with van der Waals surface area (Å²) in [5, 5.41) is 3.36. The Bertz CT molecular complexity index is 1240. The van der Waals surface area contributed by atoms with Gasteiger partial charge in [-0.1, -0.05) is 59.3 Å². The number of fused-ring (bicyclic) bond motifs is 2. The van der Waals surface area contributed by atoms with E-state index in [0.717, 1.165) is 46.0 Å². The summed E-state index contributed by atoms with van der Waals surface area (Å²) in [5.41, 5.74) is 2.58. The van der Waals surface area contributed by atoms with E-state index in [1.54, 1.807) is 4.90 Å². The zero-order valence-corrected chi connectivity index (χ0v) is 18.2. The van der Waals surface area contributed by atoms with Crippen molar-refractivity contribution >= 4 is 55.0 Å². The summed E-state index contributed by atoms with van der Waals surface area (Å²) in [6, 6.07) is 17.6. The van der Waals surface area contributed by atoms with Crippen molar-refractivity contribution in [2.75, 3.05) is 18.1 Å². The third-order valence-electron chi connectivity index (χ3n) is 5.55. The molecule has 0 N–H and O–H groups in total. The molecule has 1 saturated heterocycles. The van der Waals surface area contributed by atoms with Crippen molar-refractivity contribution in [1.82, 2.24) is 4.98 Å². The first-order valence-corrected chi connectivity index (χ1v) is 11.3. The van der Waals surface area contributed by atoms with Gasteiger partial charge in [-0.25, -0.2) is 4.98 Å². The second kappa shape index (κ2) is 7.99. The fraction of sp³-hybridized carbons (Fsp3) is 0.250. The SMILES string of the molecule is Cc1cc(Cl)cc2sc(N(CC3CCCO3)C(=O)c3cccc4ccccc34)nc12. The van der Waals surface area contributed by atoms with Crippen LogP contribution in [0.3, 0.4) is 0 Å². The van der Waals surface area contributed by atoms with Gasteiger partial charge in [0.25, 0.3) is 5.91 Å². The maximum atomic E-state index is 13.8. The van der Waals surface area contributed by atoms with Crippen LogP contribution in [0.2, 0.25) is 5.02 Å². The highest BCUT2D eigenvalue weighted by Crippen LogP contribution is 2.35. The highest BCUT2D eigenvalue weighted by Gasteiger charge is 2.28. The second-order valence-corrected chi connectivity index (χ2v) is 9.09. The molecule has 4 nitrogen and oxygen atoms in total. The number of halogens is 1. The van der Waals surface area contributed by atoms with Crippen LogP contribution >= 0.6 is 22.9 Å². The van der Waals surface area contributed by atoms with Gasteiger partial charge in [-0.05, 0) is 54.3 Å². The van der Waals surface area contributed by atoms with Crippen LogP contribution in [0.15, 0.2) is 54.6 Å².